The number of nitrogens with one attached hydrogen (secondary N) is 2. The Morgan fingerprint density at radius 3 is 2.69 bits per heavy atom. The molecule has 2 heterocycles. The van der Waals surface area contributed by atoms with E-state index in [2.05, 4.69) is 36.5 Å². The van der Waals surface area contributed by atoms with Crippen molar-refractivity contribution in [2.24, 2.45) is 0 Å². The molecule has 1 aliphatic rings. The van der Waals surface area contributed by atoms with Gasteiger partial charge in [0, 0.05) is 24.3 Å². The first-order chi connectivity index (χ1) is 11.9. The predicted octanol–water partition coefficient (Wildman–Crippen LogP) is 3.86. The number of halogens is 2. The number of hydrogen-bond acceptors (Lipinski definition) is 3. The Bertz CT molecular complexity index is 761. The molecule has 1 saturated heterocycles. The molecule has 1 aliphatic heterocycles. The lowest BCUT2D eigenvalue weighted by atomic mass is 10.0. The molecule has 1 amide bonds. The van der Waals surface area contributed by atoms with Crippen molar-refractivity contribution in [3.63, 3.8) is 0 Å². The summed E-state index contributed by atoms with van der Waals surface area (Å²) >= 11 is 6.36. The molecule has 7 heteroatoms. The molecule has 1 aromatic heterocycles. The molecule has 2 aromatic rings. The van der Waals surface area contributed by atoms with Gasteiger partial charge in [-0.1, -0.05) is 29.8 Å². The lowest BCUT2D eigenvalue weighted by molar-refractivity contribution is 0.0931. The molecule has 5 nitrogen and oxygen atoms in total. The summed E-state index contributed by atoms with van der Waals surface area (Å²) in [6.45, 7) is 8.00. The summed E-state index contributed by atoms with van der Waals surface area (Å²) in [5, 5.41) is 11.7. The van der Waals surface area contributed by atoms with Gasteiger partial charge in [0.15, 0.2) is 0 Å². The van der Waals surface area contributed by atoms with Crippen molar-refractivity contribution in [2.75, 3.05) is 13.1 Å². The van der Waals surface area contributed by atoms with Gasteiger partial charge in [0.1, 0.15) is 5.69 Å². The molecule has 0 radical (unpaired) electrons. The van der Waals surface area contributed by atoms with Crippen LogP contribution in [-0.4, -0.2) is 34.8 Å². The molecule has 0 saturated carbocycles. The number of piperidine rings is 1. The number of carbonyl (C=O) groups excluding carboxylic acids is 1. The number of rotatable bonds is 3. The molecule has 26 heavy (non-hydrogen) atoms. The van der Waals surface area contributed by atoms with Crippen molar-refractivity contribution >= 4 is 29.9 Å². The van der Waals surface area contributed by atoms with Crippen LogP contribution in [0.5, 0.6) is 0 Å². The second-order valence-corrected chi connectivity index (χ2v) is 7.91. The summed E-state index contributed by atoms with van der Waals surface area (Å²) < 4.78 is 1.83. The maximum Gasteiger partial charge on any atom is 0.255 e. The molecule has 0 spiro atoms. The summed E-state index contributed by atoms with van der Waals surface area (Å²) in [5.41, 5.74) is 1.75. The molecule has 3 rings (SSSR count). The van der Waals surface area contributed by atoms with Crippen LogP contribution in [0.1, 0.15) is 44.0 Å². The maximum absolute atomic E-state index is 12.9. The summed E-state index contributed by atoms with van der Waals surface area (Å²) in [6, 6.07) is 7.65. The maximum atomic E-state index is 12.9. The van der Waals surface area contributed by atoms with Crippen molar-refractivity contribution in [2.45, 2.75) is 45.2 Å². The first-order valence-corrected chi connectivity index (χ1v) is 9.10. The molecule has 1 fully saturated rings. The lowest BCUT2D eigenvalue weighted by Gasteiger charge is -2.23. The van der Waals surface area contributed by atoms with Crippen LogP contribution in [0.4, 0.5) is 0 Å². The smallest absolute Gasteiger partial charge is 0.255 e. The molecule has 1 aromatic carbocycles. The molecule has 0 aliphatic carbocycles. The van der Waals surface area contributed by atoms with Crippen LogP contribution in [0, 0.1) is 0 Å². The van der Waals surface area contributed by atoms with Crippen LogP contribution in [0.15, 0.2) is 30.5 Å². The zero-order valence-corrected chi connectivity index (χ0v) is 17.0. The number of amides is 1. The van der Waals surface area contributed by atoms with Gasteiger partial charge in [0.05, 0.1) is 16.1 Å². The largest absolute Gasteiger partial charge is 0.348 e. The van der Waals surface area contributed by atoms with E-state index in [1.807, 2.05) is 35.1 Å². The average molecular weight is 397 g/mol. The van der Waals surface area contributed by atoms with Gasteiger partial charge in [-0.3, -0.25) is 9.48 Å². The third-order valence-corrected chi connectivity index (χ3v) is 4.74. The van der Waals surface area contributed by atoms with E-state index in [9.17, 15) is 4.79 Å². The van der Waals surface area contributed by atoms with E-state index in [0.717, 1.165) is 31.5 Å². The number of carbonyl (C=O) groups is 1. The lowest BCUT2D eigenvalue weighted by Crippen LogP contribution is -2.45. The van der Waals surface area contributed by atoms with Gasteiger partial charge in [0.25, 0.3) is 5.91 Å². The fourth-order valence-electron chi connectivity index (χ4n) is 2.97. The van der Waals surface area contributed by atoms with Crippen molar-refractivity contribution in [3.8, 4) is 11.3 Å². The fourth-order valence-corrected chi connectivity index (χ4v) is 3.20. The highest BCUT2D eigenvalue weighted by Crippen LogP contribution is 2.30. The number of hydrogen-bond donors (Lipinski definition) is 2. The highest BCUT2D eigenvalue weighted by Gasteiger charge is 2.25. The second-order valence-electron chi connectivity index (χ2n) is 7.50. The normalized spacial score (nSPS) is 17.5. The summed E-state index contributed by atoms with van der Waals surface area (Å²) in [6.07, 6.45) is 3.89. The highest BCUT2D eigenvalue weighted by atomic mass is 35.5. The van der Waals surface area contributed by atoms with E-state index < -0.39 is 0 Å². The third-order valence-electron chi connectivity index (χ3n) is 4.41. The topological polar surface area (TPSA) is 59.0 Å². The molecule has 0 unspecified atom stereocenters. The summed E-state index contributed by atoms with van der Waals surface area (Å²) in [5.74, 6) is -0.0980. The minimum Gasteiger partial charge on any atom is -0.348 e. The van der Waals surface area contributed by atoms with Crippen LogP contribution in [-0.2, 0) is 5.54 Å². The number of nitrogens with zero attached hydrogens (tertiary/aromatic N) is 2. The van der Waals surface area contributed by atoms with Gasteiger partial charge in [-0.15, -0.1) is 12.4 Å². The first-order valence-electron chi connectivity index (χ1n) is 8.73. The van der Waals surface area contributed by atoms with Crippen LogP contribution >= 0.6 is 24.0 Å². The Kier molecular flexibility index (Phi) is 6.72. The highest BCUT2D eigenvalue weighted by molar-refractivity contribution is 6.33. The van der Waals surface area contributed by atoms with Gasteiger partial charge in [0.2, 0.25) is 0 Å². The van der Waals surface area contributed by atoms with Gasteiger partial charge in [-0.25, -0.2) is 0 Å². The molecule has 0 bridgehead atoms. The minimum atomic E-state index is -0.221. The SMILES string of the molecule is CC(C)(C)n1cc(C(=O)N[C@H]2CCCNC2)c(-c2ccccc2Cl)n1.Cl. The van der Waals surface area contributed by atoms with Crippen molar-refractivity contribution < 1.29 is 4.79 Å². The monoisotopic (exact) mass is 396 g/mol. The molecule has 1 atom stereocenters. The molecule has 142 valence electrons. The zero-order chi connectivity index (χ0) is 18.0. The van der Waals surface area contributed by atoms with Crippen molar-refractivity contribution in [1.29, 1.82) is 0 Å². The zero-order valence-electron chi connectivity index (χ0n) is 15.4. The Labute approximate surface area is 165 Å². The van der Waals surface area contributed by atoms with E-state index in [-0.39, 0.29) is 29.9 Å². The van der Waals surface area contributed by atoms with E-state index in [1.54, 1.807) is 0 Å². The summed E-state index contributed by atoms with van der Waals surface area (Å²) in [7, 11) is 0. The predicted molar refractivity (Wildman–Crippen MR) is 108 cm³/mol. The van der Waals surface area contributed by atoms with Gasteiger partial charge in [-0.2, -0.15) is 5.10 Å². The van der Waals surface area contributed by atoms with Gasteiger partial charge in [-0.05, 0) is 46.2 Å². The molecule has 2 N–H and O–H groups in total. The summed E-state index contributed by atoms with van der Waals surface area (Å²) in [4.78, 5) is 12.9. The van der Waals surface area contributed by atoms with Gasteiger partial charge < -0.3 is 10.6 Å². The molecular weight excluding hydrogens is 371 g/mol. The Balaban J connectivity index is 0.00000243. The van der Waals surface area contributed by atoms with Gasteiger partial charge >= 0.3 is 0 Å². The Hall–Kier alpha value is -1.56. The van der Waals surface area contributed by atoms with Crippen molar-refractivity contribution in [1.82, 2.24) is 20.4 Å². The second kappa shape index (κ2) is 8.42. The standard InChI is InChI=1S/C19H25ClN4O.ClH/c1-19(2,3)24-12-15(18(25)22-13-7-6-10-21-11-13)17(23-24)14-8-4-5-9-16(14)20;/h4-5,8-9,12-13,21H,6-7,10-11H2,1-3H3,(H,22,25);1H/t13-;/m0./s1. The molecular formula is C19H26Cl2N4O. The number of aromatic nitrogens is 2. The van der Waals surface area contributed by atoms with Crippen LogP contribution in [0.25, 0.3) is 11.3 Å². The average Bonchev–Trinajstić information content (AvgIpc) is 3.02. The van der Waals surface area contributed by atoms with Crippen LogP contribution in [0.3, 0.4) is 0 Å². The third kappa shape index (κ3) is 4.58. The minimum absolute atomic E-state index is 0. The Morgan fingerprint density at radius 1 is 1.35 bits per heavy atom. The fraction of sp³-hybridized carbons (Fsp3) is 0.474. The van der Waals surface area contributed by atoms with E-state index in [1.165, 1.54) is 0 Å². The Morgan fingerprint density at radius 2 is 2.08 bits per heavy atom. The van der Waals surface area contributed by atoms with E-state index >= 15 is 0 Å². The van der Waals surface area contributed by atoms with Crippen LogP contribution < -0.4 is 10.6 Å². The first kappa shape index (κ1) is 20.7. The van der Waals surface area contributed by atoms with E-state index in [0.29, 0.717) is 16.3 Å². The quantitative estimate of drug-likeness (QED) is 0.827. The van der Waals surface area contributed by atoms with Crippen LogP contribution in [0.2, 0.25) is 5.02 Å². The van der Waals surface area contributed by atoms with E-state index in [4.69, 9.17) is 11.6 Å². The van der Waals surface area contributed by atoms with Crippen molar-refractivity contribution in [3.05, 3.63) is 41.0 Å². The number of benzene rings is 1.